The van der Waals surface area contributed by atoms with E-state index in [1.54, 1.807) is 18.2 Å². The van der Waals surface area contributed by atoms with Gasteiger partial charge in [-0.1, -0.05) is 41.1 Å². The summed E-state index contributed by atoms with van der Waals surface area (Å²) in [4.78, 5) is 37.9. The first-order valence-electron chi connectivity index (χ1n) is 10.0. The summed E-state index contributed by atoms with van der Waals surface area (Å²) in [5.74, 6) is -2.00. The van der Waals surface area contributed by atoms with Crippen LogP contribution in [0.4, 0.5) is 5.69 Å². The quantitative estimate of drug-likeness (QED) is 0.472. The highest BCUT2D eigenvalue weighted by molar-refractivity contribution is 9.10. The lowest BCUT2D eigenvalue weighted by Gasteiger charge is -2.15. The second-order valence-electron chi connectivity index (χ2n) is 7.51. The number of hydrogen-bond acceptors (Lipinski definition) is 3. The third kappa shape index (κ3) is 4.96. The molecule has 3 rings (SSSR count). The fraction of sp³-hybridized carbons (Fsp3) is 0.261. The molecule has 3 amide bonds. The van der Waals surface area contributed by atoms with Crippen LogP contribution in [0.1, 0.15) is 41.9 Å². The lowest BCUT2D eigenvalue weighted by molar-refractivity contribution is -0.137. The minimum absolute atomic E-state index is 0.137. The Balaban J connectivity index is 1.98. The Bertz CT molecular complexity index is 1150. The maximum Gasteiger partial charge on any atom is 0.328 e. The molecule has 0 saturated carbocycles. The molecule has 0 saturated heterocycles. The van der Waals surface area contributed by atoms with Gasteiger partial charge in [-0.25, -0.2) is 4.68 Å². The first-order valence-corrected chi connectivity index (χ1v) is 10.8. The van der Waals surface area contributed by atoms with E-state index in [0.717, 1.165) is 21.0 Å². The monoisotopic (exact) mass is 484 g/mol. The molecule has 0 aliphatic heterocycles. The first kappa shape index (κ1) is 22.6. The number of para-hydroxylation sites is 1. The highest BCUT2D eigenvalue weighted by atomic mass is 79.9. The molecule has 7 nitrogen and oxygen atoms in total. The molecule has 8 heteroatoms. The van der Waals surface area contributed by atoms with Gasteiger partial charge in [0.1, 0.15) is 5.69 Å². The molecular weight excluding hydrogens is 460 g/mol. The number of carbonyl (C=O) groups excluding carboxylic acids is 3. The normalized spacial score (nSPS) is 11.8. The largest absolute Gasteiger partial charge is 0.345 e. The number of aryl methyl sites for hydroxylation is 2. The van der Waals surface area contributed by atoms with Gasteiger partial charge < -0.3 is 10.6 Å². The van der Waals surface area contributed by atoms with Crippen LogP contribution in [0.5, 0.6) is 0 Å². The molecule has 0 aliphatic carbocycles. The molecule has 0 fully saturated rings. The van der Waals surface area contributed by atoms with Gasteiger partial charge in [-0.05, 0) is 62.6 Å². The summed E-state index contributed by atoms with van der Waals surface area (Å²) in [6.07, 6.45) is 0.697. The molecule has 1 atom stereocenters. The molecule has 0 bridgehead atoms. The Kier molecular flexibility index (Phi) is 6.80. The zero-order valence-electron chi connectivity index (χ0n) is 17.9. The Morgan fingerprint density at radius 3 is 2.35 bits per heavy atom. The van der Waals surface area contributed by atoms with Crippen molar-refractivity contribution < 1.29 is 14.4 Å². The molecule has 31 heavy (non-hydrogen) atoms. The summed E-state index contributed by atoms with van der Waals surface area (Å²) in [6, 6.07) is 12.7. The van der Waals surface area contributed by atoms with Crippen LogP contribution in [0.25, 0.3) is 10.9 Å². The van der Waals surface area contributed by atoms with E-state index in [-0.39, 0.29) is 11.7 Å². The van der Waals surface area contributed by atoms with Crippen LogP contribution in [-0.2, 0) is 9.59 Å². The number of nitrogens with one attached hydrogen (secondary N) is 3. The van der Waals surface area contributed by atoms with E-state index in [9.17, 15) is 14.4 Å². The zero-order valence-corrected chi connectivity index (χ0v) is 19.5. The van der Waals surface area contributed by atoms with Gasteiger partial charge in [-0.2, -0.15) is 0 Å². The van der Waals surface area contributed by atoms with Gasteiger partial charge in [-0.3, -0.25) is 19.8 Å². The van der Waals surface area contributed by atoms with Crippen LogP contribution >= 0.6 is 15.9 Å². The number of aromatic nitrogens is 1. The van der Waals surface area contributed by atoms with Crippen LogP contribution in [0.15, 0.2) is 46.9 Å². The van der Waals surface area contributed by atoms with Gasteiger partial charge in [0.15, 0.2) is 0 Å². The van der Waals surface area contributed by atoms with Crippen molar-refractivity contribution in [3.63, 3.8) is 0 Å². The summed E-state index contributed by atoms with van der Waals surface area (Å²) in [6.45, 7) is 7.56. The van der Waals surface area contributed by atoms with E-state index in [1.165, 1.54) is 4.68 Å². The van der Waals surface area contributed by atoms with Crippen LogP contribution < -0.4 is 16.1 Å². The Morgan fingerprint density at radius 1 is 1.03 bits per heavy atom. The number of carbonyl (C=O) groups is 3. The van der Waals surface area contributed by atoms with Crippen LogP contribution in [0, 0.1) is 13.8 Å². The number of fused-ring (bicyclic) bond motifs is 1. The smallest absolute Gasteiger partial charge is 0.328 e. The Morgan fingerprint density at radius 2 is 1.71 bits per heavy atom. The second-order valence-corrected chi connectivity index (χ2v) is 8.43. The summed E-state index contributed by atoms with van der Waals surface area (Å²) < 4.78 is 2.18. The lowest BCUT2D eigenvalue weighted by Crippen LogP contribution is -2.43. The molecule has 0 unspecified atom stereocenters. The Labute approximate surface area is 189 Å². The SMILES string of the molecule is CC[C@@H](C)NC(=O)C(=O)Nn1c(C(=O)Nc2c(C)cccc2C)cc2cc(Br)ccc21. The summed E-state index contributed by atoms with van der Waals surface area (Å²) in [5.41, 5.74) is 5.94. The van der Waals surface area contributed by atoms with Crippen molar-refractivity contribution in [3.05, 3.63) is 63.8 Å². The first-order chi connectivity index (χ1) is 14.7. The van der Waals surface area contributed by atoms with E-state index in [1.807, 2.05) is 52.0 Å². The molecule has 3 N–H and O–H groups in total. The van der Waals surface area contributed by atoms with Gasteiger partial charge in [0.2, 0.25) is 0 Å². The third-order valence-corrected chi connectivity index (χ3v) is 5.62. The van der Waals surface area contributed by atoms with E-state index < -0.39 is 17.7 Å². The number of halogens is 1. The van der Waals surface area contributed by atoms with E-state index in [4.69, 9.17) is 0 Å². The minimum Gasteiger partial charge on any atom is -0.345 e. The fourth-order valence-electron chi connectivity index (χ4n) is 3.21. The molecule has 2 aromatic carbocycles. The summed E-state index contributed by atoms with van der Waals surface area (Å²) in [7, 11) is 0. The predicted molar refractivity (Wildman–Crippen MR) is 126 cm³/mol. The number of amides is 3. The second kappa shape index (κ2) is 9.34. The maximum atomic E-state index is 13.2. The highest BCUT2D eigenvalue weighted by Gasteiger charge is 2.22. The standard InChI is InChI=1S/C23H25BrN4O3/c1-5-15(4)25-22(30)23(31)27-28-18-10-9-17(24)11-16(18)12-19(28)21(29)26-20-13(2)7-6-8-14(20)3/h6-12,15H,5H2,1-4H3,(H,25,30)(H,26,29)(H,27,31)/t15-/m1/s1. The lowest BCUT2D eigenvalue weighted by atomic mass is 10.1. The molecule has 0 radical (unpaired) electrons. The number of anilines is 1. The van der Waals surface area contributed by atoms with Crippen LogP contribution in [0.3, 0.4) is 0 Å². The number of benzene rings is 2. The molecule has 3 aromatic rings. The van der Waals surface area contributed by atoms with Crippen molar-refractivity contribution in [2.75, 3.05) is 10.7 Å². The van der Waals surface area contributed by atoms with Crippen molar-refractivity contribution in [3.8, 4) is 0 Å². The third-order valence-electron chi connectivity index (χ3n) is 5.13. The maximum absolute atomic E-state index is 13.2. The average molecular weight is 485 g/mol. The number of nitrogens with zero attached hydrogens (tertiary/aromatic N) is 1. The molecule has 1 aromatic heterocycles. The molecule has 0 spiro atoms. The van der Waals surface area contributed by atoms with E-state index in [0.29, 0.717) is 17.6 Å². The van der Waals surface area contributed by atoms with Gasteiger partial charge >= 0.3 is 11.8 Å². The summed E-state index contributed by atoms with van der Waals surface area (Å²) in [5, 5.41) is 6.30. The van der Waals surface area contributed by atoms with E-state index >= 15 is 0 Å². The van der Waals surface area contributed by atoms with Gasteiger partial charge in [0, 0.05) is 21.6 Å². The predicted octanol–water partition coefficient (Wildman–Crippen LogP) is 4.26. The van der Waals surface area contributed by atoms with Crippen molar-refractivity contribution in [2.45, 2.75) is 40.2 Å². The molecule has 1 heterocycles. The summed E-state index contributed by atoms with van der Waals surface area (Å²) >= 11 is 3.42. The highest BCUT2D eigenvalue weighted by Crippen LogP contribution is 2.25. The van der Waals surface area contributed by atoms with Gasteiger partial charge in [0.05, 0.1) is 5.52 Å². The van der Waals surface area contributed by atoms with Crippen molar-refractivity contribution in [2.24, 2.45) is 0 Å². The van der Waals surface area contributed by atoms with Crippen molar-refractivity contribution >= 4 is 50.2 Å². The number of hydrogen-bond donors (Lipinski definition) is 3. The zero-order chi connectivity index (χ0) is 22.7. The Hall–Kier alpha value is -3.13. The molecule has 162 valence electrons. The topological polar surface area (TPSA) is 92.2 Å². The fourth-order valence-corrected chi connectivity index (χ4v) is 3.59. The number of rotatable bonds is 5. The van der Waals surface area contributed by atoms with Crippen LogP contribution in [0.2, 0.25) is 0 Å². The van der Waals surface area contributed by atoms with Crippen molar-refractivity contribution in [1.82, 2.24) is 9.99 Å². The molecular formula is C23H25BrN4O3. The van der Waals surface area contributed by atoms with Crippen LogP contribution in [-0.4, -0.2) is 28.4 Å². The van der Waals surface area contributed by atoms with Crippen molar-refractivity contribution in [1.29, 1.82) is 0 Å². The van der Waals surface area contributed by atoms with E-state index in [2.05, 4.69) is 32.0 Å². The average Bonchev–Trinajstić information content (AvgIpc) is 3.07. The van der Waals surface area contributed by atoms with Gasteiger partial charge in [0.25, 0.3) is 5.91 Å². The minimum atomic E-state index is -0.846. The van der Waals surface area contributed by atoms with Gasteiger partial charge in [-0.15, -0.1) is 0 Å². The molecule has 0 aliphatic rings.